The zero-order valence-corrected chi connectivity index (χ0v) is 15.3. The number of rotatable bonds is 4. The molecule has 3 aromatic heterocycles. The Hall–Kier alpha value is -2.76. The molecule has 4 rings (SSSR count). The Kier molecular flexibility index (Phi) is 4.18. The minimum absolute atomic E-state index is 0.297. The van der Waals surface area contributed by atoms with E-state index in [-0.39, 0.29) is 5.97 Å². The van der Waals surface area contributed by atoms with E-state index in [0.717, 1.165) is 52.8 Å². The van der Waals surface area contributed by atoms with E-state index in [4.69, 9.17) is 9.72 Å². The first kappa shape index (κ1) is 16.7. The van der Waals surface area contributed by atoms with Gasteiger partial charge >= 0.3 is 5.97 Å². The van der Waals surface area contributed by atoms with E-state index in [1.165, 1.54) is 13.5 Å². The van der Waals surface area contributed by atoms with Crippen molar-refractivity contribution in [2.24, 2.45) is 0 Å². The molecule has 0 N–H and O–H groups in total. The fourth-order valence-corrected chi connectivity index (χ4v) is 3.61. The van der Waals surface area contributed by atoms with Crippen molar-refractivity contribution in [2.75, 3.05) is 7.11 Å². The van der Waals surface area contributed by atoms with Crippen LogP contribution in [0.3, 0.4) is 0 Å². The van der Waals surface area contributed by atoms with Crippen molar-refractivity contribution >= 4 is 17.0 Å². The second-order valence-electron chi connectivity index (χ2n) is 6.82. The molecule has 1 aliphatic carbocycles. The van der Waals surface area contributed by atoms with Crippen LogP contribution in [-0.2, 0) is 11.3 Å². The van der Waals surface area contributed by atoms with Crippen molar-refractivity contribution < 1.29 is 9.53 Å². The molecule has 0 aromatic carbocycles. The molecule has 3 aromatic rings. The number of nitrogens with zero attached hydrogens (tertiary/aromatic N) is 4. The molecule has 0 bridgehead atoms. The summed E-state index contributed by atoms with van der Waals surface area (Å²) in [6.45, 7) is 4.76. The van der Waals surface area contributed by atoms with Gasteiger partial charge in [0, 0.05) is 41.4 Å². The Bertz CT molecular complexity index is 989. The summed E-state index contributed by atoms with van der Waals surface area (Å²) in [5, 5.41) is 5.34. The normalized spacial score (nSPS) is 14.4. The van der Waals surface area contributed by atoms with Gasteiger partial charge in [0.2, 0.25) is 0 Å². The Morgan fingerprint density at radius 3 is 2.73 bits per heavy atom. The third kappa shape index (κ3) is 2.57. The van der Waals surface area contributed by atoms with Gasteiger partial charge < -0.3 is 4.74 Å². The van der Waals surface area contributed by atoms with Gasteiger partial charge in [0.1, 0.15) is 0 Å². The lowest BCUT2D eigenvalue weighted by Crippen LogP contribution is -2.18. The van der Waals surface area contributed by atoms with E-state index in [9.17, 15) is 4.79 Å². The smallest absolute Gasteiger partial charge is 0.340 e. The van der Waals surface area contributed by atoms with Crippen LogP contribution in [0.1, 0.15) is 53.7 Å². The summed E-state index contributed by atoms with van der Waals surface area (Å²) in [4.78, 5) is 22.0. The number of hydrogen-bond acceptors (Lipinski definition) is 5. The van der Waals surface area contributed by atoms with Gasteiger partial charge in [-0.05, 0) is 38.3 Å². The quantitative estimate of drug-likeness (QED) is 0.668. The van der Waals surface area contributed by atoms with Crippen molar-refractivity contribution in [3.8, 4) is 11.1 Å². The van der Waals surface area contributed by atoms with Gasteiger partial charge in [0.25, 0.3) is 0 Å². The largest absolute Gasteiger partial charge is 0.465 e. The van der Waals surface area contributed by atoms with Crippen molar-refractivity contribution in [3.63, 3.8) is 0 Å². The average Bonchev–Trinajstić information content (AvgIpc) is 3.01. The average molecular weight is 350 g/mol. The molecule has 0 aliphatic heterocycles. The monoisotopic (exact) mass is 350 g/mol. The molecule has 1 saturated carbocycles. The molecule has 0 radical (unpaired) electrons. The van der Waals surface area contributed by atoms with E-state index >= 15 is 0 Å². The summed E-state index contributed by atoms with van der Waals surface area (Å²) in [6, 6.07) is 2.04. The molecule has 3 heterocycles. The van der Waals surface area contributed by atoms with Crippen LogP contribution in [0.25, 0.3) is 22.2 Å². The maximum atomic E-state index is 12.8. The first-order chi connectivity index (χ1) is 12.6. The first-order valence-electron chi connectivity index (χ1n) is 9.03. The molecule has 6 nitrogen and oxygen atoms in total. The summed E-state index contributed by atoms with van der Waals surface area (Å²) in [6.07, 6.45) is 8.66. The summed E-state index contributed by atoms with van der Waals surface area (Å²) in [5.74, 6) is -0.0488. The molecule has 0 saturated heterocycles. The van der Waals surface area contributed by atoms with Crippen LogP contribution < -0.4 is 0 Å². The van der Waals surface area contributed by atoms with Gasteiger partial charge in [-0.15, -0.1) is 0 Å². The Labute approximate surface area is 152 Å². The number of methoxy groups -OCH3 is 1. The number of carbonyl (C=O) groups excluding carboxylic acids is 1. The van der Waals surface area contributed by atoms with E-state index in [1.54, 1.807) is 12.4 Å². The van der Waals surface area contributed by atoms with Crippen LogP contribution in [0.2, 0.25) is 0 Å². The summed E-state index contributed by atoms with van der Waals surface area (Å²) < 4.78 is 7.02. The summed E-state index contributed by atoms with van der Waals surface area (Å²) >= 11 is 0. The highest BCUT2D eigenvalue weighted by Gasteiger charge is 2.31. The second-order valence-corrected chi connectivity index (χ2v) is 6.82. The fourth-order valence-electron chi connectivity index (χ4n) is 3.61. The number of aryl methyl sites for hydroxylation is 2. The Morgan fingerprint density at radius 1 is 1.31 bits per heavy atom. The van der Waals surface area contributed by atoms with Crippen LogP contribution in [0.5, 0.6) is 0 Å². The topological polar surface area (TPSA) is 69.9 Å². The minimum atomic E-state index is -0.345. The van der Waals surface area contributed by atoms with E-state index in [0.29, 0.717) is 11.5 Å². The van der Waals surface area contributed by atoms with Crippen molar-refractivity contribution in [1.29, 1.82) is 0 Å². The van der Waals surface area contributed by atoms with E-state index in [2.05, 4.69) is 10.1 Å². The number of hydrogen-bond donors (Lipinski definition) is 0. The lowest BCUT2D eigenvalue weighted by atomic mass is 9.79. The van der Waals surface area contributed by atoms with Crippen molar-refractivity contribution in [3.05, 3.63) is 41.5 Å². The number of fused-ring (bicyclic) bond motifs is 1. The zero-order valence-electron chi connectivity index (χ0n) is 15.3. The minimum Gasteiger partial charge on any atom is -0.465 e. The molecule has 0 unspecified atom stereocenters. The maximum absolute atomic E-state index is 12.8. The summed E-state index contributed by atoms with van der Waals surface area (Å²) in [7, 11) is 1.42. The predicted octanol–water partition coefficient (Wildman–Crippen LogP) is 3.88. The standard InChI is InChI=1S/C20H22N4O2/c1-4-24-19-15(11-22-24)16(14-8-12(2)9-21-10-14)17(20(25)26-3)18(23-19)13-6-5-7-13/h8-11,13H,4-7H2,1-3H3. The van der Waals surface area contributed by atoms with Crippen LogP contribution in [0, 0.1) is 6.92 Å². The Balaban J connectivity index is 2.11. The number of carbonyl (C=O) groups is 1. The number of ether oxygens (including phenoxy) is 1. The van der Waals surface area contributed by atoms with Gasteiger partial charge in [0.15, 0.2) is 5.65 Å². The molecule has 0 atom stereocenters. The molecule has 1 aliphatic rings. The zero-order chi connectivity index (χ0) is 18.3. The number of esters is 1. The molecular formula is C20H22N4O2. The molecule has 134 valence electrons. The SMILES string of the molecule is CCn1ncc2c(-c3cncc(C)c3)c(C(=O)OC)c(C3CCC3)nc21. The molecule has 26 heavy (non-hydrogen) atoms. The van der Waals surface area contributed by atoms with Crippen LogP contribution >= 0.6 is 0 Å². The van der Waals surface area contributed by atoms with Gasteiger partial charge in [-0.3, -0.25) is 4.98 Å². The maximum Gasteiger partial charge on any atom is 0.340 e. The fraction of sp³-hybridized carbons (Fsp3) is 0.400. The van der Waals surface area contributed by atoms with Gasteiger partial charge in [-0.25, -0.2) is 14.5 Å². The second kappa shape index (κ2) is 6.52. The predicted molar refractivity (Wildman–Crippen MR) is 99.1 cm³/mol. The first-order valence-corrected chi connectivity index (χ1v) is 9.03. The lowest BCUT2D eigenvalue weighted by Gasteiger charge is -2.27. The lowest BCUT2D eigenvalue weighted by molar-refractivity contribution is 0.0598. The van der Waals surface area contributed by atoms with Crippen LogP contribution in [0.15, 0.2) is 24.7 Å². The highest BCUT2D eigenvalue weighted by atomic mass is 16.5. The highest BCUT2D eigenvalue weighted by molar-refractivity contribution is 6.07. The number of aromatic nitrogens is 4. The summed E-state index contributed by atoms with van der Waals surface area (Å²) in [5.41, 5.74) is 4.98. The van der Waals surface area contributed by atoms with E-state index < -0.39 is 0 Å². The highest BCUT2D eigenvalue weighted by Crippen LogP contribution is 2.42. The van der Waals surface area contributed by atoms with E-state index in [1.807, 2.05) is 30.8 Å². The third-order valence-electron chi connectivity index (χ3n) is 5.16. The third-order valence-corrected chi connectivity index (χ3v) is 5.16. The van der Waals surface area contributed by atoms with Crippen LogP contribution in [-0.4, -0.2) is 32.8 Å². The van der Waals surface area contributed by atoms with Crippen LogP contribution in [0.4, 0.5) is 0 Å². The number of pyridine rings is 2. The molecular weight excluding hydrogens is 328 g/mol. The van der Waals surface area contributed by atoms with Crippen molar-refractivity contribution in [1.82, 2.24) is 19.7 Å². The molecule has 0 spiro atoms. The van der Waals surface area contributed by atoms with Gasteiger partial charge in [-0.1, -0.05) is 6.42 Å². The van der Waals surface area contributed by atoms with Gasteiger partial charge in [-0.2, -0.15) is 5.10 Å². The Morgan fingerprint density at radius 2 is 2.12 bits per heavy atom. The van der Waals surface area contributed by atoms with Crippen molar-refractivity contribution in [2.45, 2.75) is 45.6 Å². The van der Waals surface area contributed by atoms with Gasteiger partial charge in [0.05, 0.1) is 24.6 Å². The molecule has 0 amide bonds. The molecule has 6 heteroatoms. The molecule has 1 fully saturated rings.